The molecular weight excluding hydrogens is 661 g/mol. The molecule has 3 N–H and O–H groups in total. The normalized spacial score (nSPS) is 14.5. The molecule has 0 aromatic carbocycles. The summed E-state index contributed by atoms with van der Waals surface area (Å²) in [5.74, 6) is -0.373. The lowest BCUT2D eigenvalue weighted by Gasteiger charge is -2.19. The first-order valence-corrected chi connectivity index (χ1v) is 21.1. The fourth-order valence-electron chi connectivity index (χ4n) is 4.74. The number of ether oxygens (including phenoxy) is 2. The molecule has 0 saturated carbocycles. The average Bonchev–Trinajstić information content (AvgIpc) is 3.12. The topological polar surface area (TPSA) is 117 Å². The number of phosphoric acid groups is 1. The van der Waals surface area contributed by atoms with Gasteiger partial charge in [-0.25, -0.2) is 4.57 Å². The van der Waals surface area contributed by atoms with Crippen molar-refractivity contribution in [3.63, 3.8) is 0 Å². The standard InChI is InChI=1S/C42H72NO7P/c1-3-5-7-9-11-13-15-17-19-21-23-25-27-29-31-33-35-42(44)50-41(40-49-51(45,46)48-38-36-43)39-47-37-34-32-30-28-26-24-22-20-18-16-14-12-10-8-6-4-2/h6,8,12-15,18-21,24,26,30,32,41H,3-5,7,9-11,16-17,22-23,25,27-29,31,33-40,43H2,1-2H3,(H,45,46)/b8-6-,14-12-,15-13-,20-18-,21-19-,26-24-,32-30-. The molecule has 0 amide bonds. The van der Waals surface area contributed by atoms with Gasteiger partial charge in [0.1, 0.15) is 6.10 Å². The van der Waals surface area contributed by atoms with Gasteiger partial charge in [-0.05, 0) is 77.0 Å². The van der Waals surface area contributed by atoms with E-state index in [4.69, 9.17) is 24.3 Å². The molecule has 0 fully saturated rings. The van der Waals surface area contributed by atoms with Gasteiger partial charge in [0.05, 0.1) is 26.4 Å². The second-order valence-corrected chi connectivity index (χ2v) is 13.9. The zero-order chi connectivity index (χ0) is 37.4. The second-order valence-electron chi connectivity index (χ2n) is 12.4. The monoisotopic (exact) mass is 734 g/mol. The van der Waals surface area contributed by atoms with Crippen molar-refractivity contribution >= 4 is 13.8 Å². The Morgan fingerprint density at radius 2 is 1.10 bits per heavy atom. The van der Waals surface area contributed by atoms with Crippen LogP contribution in [0.5, 0.6) is 0 Å². The van der Waals surface area contributed by atoms with E-state index in [0.29, 0.717) is 13.0 Å². The number of carbonyl (C=O) groups excluding carboxylic acids is 1. The second kappa shape index (κ2) is 38.9. The fourth-order valence-corrected chi connectivity index (χ4v) is 5.50. The van der Waals surface area contributed by atoms with Crippen molar-refractivity contribution in [2.75, 3.05) is 33.0 Å². The molecule has 0 spiro atoms. The summed E-state index contributed by atoms with van der Waals surface area (Å²) >= 11 is 0. The van der Waals surface area contributed by atoms with Crippen LogP contribution in [0.1, 0.15) is 136 Å². The Morgan fingerprint density at radius 1 is 0.608 bits per heavy atom. The number of carbonyl (C=O) groups is 1. The van der Waals surface area contributed by atoms with Crippen LogP contribution in [0, 0.1) is 0 Å². The first-order valence-electron chi connectivity index (χ1n) is 19.6. The predicted octanol–water partition coefficient (Wildman–Crippen LogP) is 11.4. The van der Waals surface area contributed by atoms with Gasteiger partial charge in [0, 0.05) is 13.0 Å². The van der Waals surface area contributed by atoms with Gasteiger partial charge in [-0.3, -0.25) is 13.8 Å². The number of nitrogens with two attached hydrogens (primary N) is 1. The van der Waals surface area contributed by atoms with Gasteiger partial charge in [0.15, 0.2) is 0 Å². The number of phosphoric ester groups is 1. The molecule has 292 valence electrons. The van der Waals surface area contributed by atoms with E-state index in [1.165, 1.54) is 32.1 Å². The highest BCUT2D eigenvalue weighted by molar-refractivity contribution is 7.47. The van der Waals surface area contributed by atoms with Crippen molar-refractivity contribution < 1.29 is 32.8 Å². The first kappa shape index (κ1) is 48.7. The SMILES string of the molecule is CC/C=C\C/C=C\C/C=C\C/C=C\C/C=C\CCOCC(COP(=O)(O)OCCN)OC(=O)CCCCCCC/C=C\C/C=C\CCCCCC. The third-order valence-corrected chi connectivity index (χ3v) is 8.55. The van der Waals surface area contributed by atoms with Crippen molar-refractivity contribution in [1.29, 1.82) is 0 Å². The van der Waals surface area contributed by atoms with E-state index in [0.717, 1.165) is 77.0 Å². The van der Waals surface area contributed by atoms with E-state index < -0.39 is 13.9 Å². The van der Waals surface area contributed by atoms with Crippen LogP contribution in [0.25, 0.3) is 0 Å². The summed E-state index contributed by atoms with van der Waals surface area (Å²) < 4.78 is 33.2. The first-order chi connectivity index (χ1) is 24.9. The molecule has 0 aliphatic rings. The minimum Gasteiger partial charge on any atom is -0.457 e. The van der Waals surface area contributed by atoms with Gasteiger partial charge in [-0.2, -0.15) is 0 Å². The van der Waals surface area contributed by atoms with Gasteiger partial charge in [-0.15, -0.1) is 0 Å². The molecule has 0 aliphatic carbocycles. The number of hydrogen-bond acceptors (Lipinski definition) is 7. The average molecular weight is 734 g/mol. The molecule has 0 aliphatic heterocycles. The smallest absolute Gasteiger partial charge is 0.457 e. The molecule has 0 saturated heterocycles. The minimum absolute atomic E-state index is 0.0512. The summed E-state index contributed by atoms with van der Waals surface area (Å²) in [5, 5.41) is 0. The summed E-state index contributed by atoms with van der Waals surface area (Å²) in [4.78, 5) is 22.4. The maximum Gasteiger partial charge on any atom is 0.472 e. The predicted molar refractivity (Wildman–Crippen MR) is 215 cm³/mol. The van der Waals surface area contributed by atoms with Crippen LogP contribution in [-0.2, 0) is 27.9 Å². The lowest BCUT2D eigenvalue weighted by atomic mass is 10.1. The zero-order valence-corrected chi connectivity index (χ0v) is 32.9. The van der Waals surface area contributed by atoms with Crippen LogP contribution >= 0.6 is 7.82 Å². The molecule has 9 heteroatoms. The molecule has 0 heterocycles. The Morgan fingerprint density at radius 3 is 1.65 bits per heavy atom. The molecule has 0 radical (unpaired) electrons. The summed E-state index contributed by atoms with van der Waals surface area (Å²) in [5.41, 5.74) is 5.35. The summed E-state index contributed by atoms with van der Waals surface area (Å²) in [7, 11) is -4.30. The lowest BCUT2D eigenvalue weighted by Crippen LogP contribution is -2.28. The van der Waals surface area contributed by atoms with Crippen molar-refractivity contribution in [2.45, 2.75) is 142 Å². The summed E-state index contributed by atoms with van der Waals surface area (Å²) in [6.45, 7) is 4.51. The lowest BCUT2D eigenvalue weighted by molar-refractivity contribution is -0.154. The summed E-state index contributed by atoms with van der Waals surface area (Å²) in [6.07, 6.45) is 49.0. The Hall–Kier alpha value is -2.32. The van der Waals surface area contributed by atoms with Crippen LogP contribution in [0.2, 0.25) is 0 Å². The van der Waals surface area contributed by atoms with Crippen LogP contribution in [-0.4, -0.2) is 49.9 Å². The quantitative estimate of drug-likeness (QED) is 0.0283. The van der Waals surface area contributed by atoms with Gasteiger partial charge >= 0.3 is 13.8 Å². The number of allylic oxidation sites excluding steroid dienone is 13. The van der Waals surface area contributed by atoms with E-state index in [-0.39, 0.29) is 38.8 Å². The molecule has 2 unspecified atom stereocenters. The Bertz CT molecular complexity index is 1050. The summed E-state index contributed by atoms with van der Waals surface area (Å²) in [6, 6.07) is 0. The van der Waals surface area contributed by atoms with Crippen molar-refractivity contribution in [1.82, 2.24) is 0 Å². The van der Waals surface area contributed by atoms with Gasteiger partial charge < -0.3 is 20.1 Å². The van der Waals surface area contributed by atoms with Crippen molar-refractivity contribution in [2.24, 2.45) is 5.73 Å². The maximum absolute atomic E-state index is 12.5. The number of rotatable bonds is 36. The largest absolute Gasteiger partial charge is 0.472 e. The fraction of sp³-hybridized carbons (Fsp3) is 0.643. The van der Waals surface area contributed by atoms with Gasteiger partial charge in [0.25, 0.3) is 0 Å². The Labute approximate surface area is 311 Å². The van der Waals surface area contributed by atoms with Gasteiger partial charge in [-0.1, -0.05) is 137 Å². The van der Waals surface area contributed by atoms with Gasteiger partial charge in [0.2, 0.25) is 0 Å². The maximum atomic E-state index is 12.5. The van der Waals surface area contributed by atoms with Crippen molar-refractivity contribution in [3.05, 3.63) is 85.1 Å². The van der Waals surface area contributed by atoms with Crippen molar-refractivity contribution in [3.8, 4) is 0 Å². The molecule has 8 nitrogen and oxygen atoms in total. The Balaban J connectivity index is 4.26. The number of unbranched alkanes of at least 4 members (excludes halogenated alkanes) is 9. The van der Waals surface area contributed by atoms with E-state index in [1.54, 1.807) is 0 Å². The minimum atomic E-state index is -4.30. The molecular formula is C42H72NO7P. The molecule has 2 atom stereocenters. The highest BCUT2D eigenvalue weighted by atomic mass is 31.2. The van der Waals surface area contributed by atoms with Crippen LogP contribution in [0.3, 0.4) is 0 Å². The third kappa shape index (κ3) is 38.7. The van der Waals surface area contributed by atoms with Crippen LogP contribution < -0.4 is 5.73 Å². The zero-order valence-electron chi connectivity index (χ0n) is 32.1. The molecule has 0 aromatic rings. The molecule has 51 heavy (non-hydrogen) atoms. The highest BCUT2D eigenvalue weighted by Gasteiger charge is 2.25. The highest BCUT2D eigenvalue weighted by Crippen LogP contribution is 2.43. The number of hydrogen-bond donors (Lipinski definition) is 2. The van der Waals surface area contributed by atoms with E-state index in [2.05, 4.69) is 92.8 Å². The van der Waals surface area contributed by atoms with E-state index in [9.17, 15) is 14.3 Å². The molecule has 0 bridgehead atoms. The molecule has 0 aromatic heterocycles. The van der Waals surface area contributed by atoms with Crippen LogP contribution in [0.4, 0.5) is 0 Å². The number of esters is 1. The third-order valence-electron chi connectivity index (χ3n) is 7.57. The van der Waals surface area contributed by atoms with E-state index >= 15 is 0 Å². The van der Waals surface area contributed by atoms with Crippen LogP contribution in [0.15, 0.2) is 85.1 Å². The Kier molecular flexibility index (Phi) is 37.1. The van der Waals surface area contributed by atoms with E-state index in [1.807, 2.05) is 6.08 Å². The molecule has 0 rings (SSSR count).